The molecule has 1 saturated carbocycles. The van der Waals surface area contributed by atoms with Crippen LogP contribution in [0.25, 0.3) is 0 Å². The van der Waals surface area contributed by atoms with Crippen molar-refractivity contribution < 1.29 is 0 Å². The highest BCUT2D eigenvalue weighted by Crippen LogP contribution is 2.31. The van der Waals surface area contributed by atoms with Crippen molar-refractivity contribution in [2.24, 2.45) is 17.6 Å². The molecule has 1 aliphatic rings. The number of nitrogens with zero attached hydrogens (tertiary/aromatic N) is 1. The van der Waals surface area contributed by atoms with E-state index in [0.717, 1.165) is 24.4 Å². The monoisotopic (exact) mass is 184 g/mol. The van der Waals surface area contributed by atoms with Crippen LogP contribution in [-0.4, -0.2) is 30.6 Å². The van der Waals surface area contributed by atoms with Gasteiger partial charge in [-0.1, -0.05) is 20.8 Å². The molecule has 78 valence electrons. The van der Waals surface area contributed by atoms with Gasteiger partial charge in [-0.25, -0.2) is 0 Å². The Hall–Kier alpha value is -0.0800. The van der Waals surface area contributed by atoms with E-state index in [9.17, 15) is 0 Å². The topological polar surface area (TPSA) is 29.3 Å². The van der Waals surface area contributed by atoms with E-state index in [0.29, 0.717) is 0 Å². The van der Waals surface area contributed by atoms with Crippen molar-refractivity contribution in [2.75, 3.05) is 19.6 Å². The predicted molar refractivity (Wildman–Crippen MR) is 57.7 cm³/mol. The van der Waals surface area contributed by atoms with E-state index < -0.39 is 0 Å². The van der Waals surface area contributed by atoms with Crippen LogP contribution in [-0.2, 0) is 0 Å². The van der Waals surface area contributed by atoms with Gasteiger partial charge < -0.3 is 10.6 Å². The maximum absolute atomic E-state index is 5.72. The third-order valence-corrected chi connectivity index (χ3v) is 3.15. The van der Waals surface area contributed by atoms with Crippen molar-refractivity contribution >= 4 is 0 Å². The standard InChI is InChI=1S/C11H24N2/c1-4-13(8-9(2)3)11-6-5-10(11)7-12/h9-11H,4-8,12H2,1-3H3. The molecule has 13 heavy (non-hydrogen) atoms. The lowest BCUT2D eigenvalue weighted by Crippen LogP contribution is -2.50. The first-order valence-electron chi connectivity index (χ1n) is 5.63. The molecule has 0 saturated heterocycles. The second-order valence-corrected chi connectivity index (χ2v) is 4.62. The summed E-state index contributed by atoms with van der Waals surface area (Å²) < 4.78 is 0. The van der Waals surface area contributed by atoms with E-state index in [2.05, 4.69) is 25.7 Å². The minimum Gasteiger partial charge on any atom is -0.330 e. The summed E-state index contributed by atoms with van der Waals surface area (Å²) in [7, 11) is 0. The molecular formula is C11H24N2. The maximum Gasteiger partial charge on any atom is 0.0136 e. The third kappa shape index (κ3) is 2.68. The highest BCUT2D eigenvalue weighted by Gasteiger charge is 2.33. The van der Waals surface area contributed by atoms with E-state index in [1.807, 2.05) is 0 Å². The Bertz CT molecular complexity index is 143. The average molecular weight is 184 g/mol. The van der Waals surface area contributed by atoms with Gasteiger partial charge in [0.25, 0.3) is 0 Å². The largest absolute Gasteiger partial charge is 0.330 e. The zero-order chi connectivity index (χ0) is 9.84. The summed E-state index contributed by atoms with van der Waals surface area (Å²) in [5.41, 5.74) is 5.72. The van der Waals surface area contributed by atoms with Gasteiger partial charge in [-0.2, -0.15) is 0 Å². The minimum absolute atomic E-state index is 0.777. The molecule has 2 unspecified atom stereocenters. The molecule has 0 amide bonds. The molecule has 2 heteroatoms. The molecule has 1 fully saturated rings. The van der Waals surface area contributed by atoms with Crippen molar-refractivity contribution in [3.05, 3.63) is 0 Å². The molecule has 0 radical (unpaired) electrons. The molecule has 1 aliphatic carbocycles. The zero-order valence-electron chi connectivity index (χ0n) is 9.29. The van der Waals surface area contributed by atoms with Gasteiger partial charge in [-0.15, -0.1) is 0 Å². The van der Waals surface area contributed by atoms with Crippen LogP contribution < -0.4 is 5.73 Å². The Morgan fingerprint density at radius 1 is 1.38 bits per heavy atom. The lowest BCUT2D eigenvalue weighted by atomic mass is 9.78. The Balaban J connectivity index is 2.37. The van der Waals surface area contributed by atoms with E-state index in [-0.39, 0.29) is 0 Å². The van der Waals surface area contributed by atoms with Crippen molar-refractivity contribution in [3.8, 4) is 0 Å². The fourth-order valence-corrected chi connectivity index (χ4v) is 2.28. The third-order valence-electron chi connectivity index (χ3n) is 3.15. The predicted octanol–water partition coefficient (Wildman–Crippen LogP) is 1.70. The first kappa shape index (κ1) is 11.0. The van der Waals surface area contributed by atoms with Gasteiger partial charge >= 0.3 is 0 Å². The van der Waals surface area contributed by atoms with Crippen molar-refractivity contribution in [2.45, 2.75) is 39.7 Å². The molecule has 0 aromatic carbocycles. The van der Waals surface area contributed by atoms with E-state index in [4.69, 9.17) is 5.73 Å². The lowest BCUT2D eigenvalue weighted by molar-refractivity contribution is 0.0616. The summed E-state index contributed by atoms with van der Waals surface area (Å²) >= 11 is 0. The number of hydrogen-bond donors (Lipinski definition) is 1. The van der Waals surface area contributed by atoms with Crippen LogP contribution in [0.5, 0.6) is 0 Å². The van der Waals surface area contributed by atoms with Gasteiger partial charge in [0.05, 0.1) is 0 Å². The summed E-state index contributed by atoms with van der Waals surface area (Å²) in [6.45, 7) is 10.1. The van der Waals surface area contributed by atoms with Crippen LogP contribution >= 0.6 is 0 Å². The Kier molecular flexibility index (Phi) is 4.20. The number of rotatable bonds is 5. The molecule has 1 rings (SSSR count). The lowest BCUT2D eigenvalue weighted by Gasteiger charge is -2.44. The van der Waals surface area contributed by atoms with Crippen molar-refractivity contribution in [1.29, 1.82) is 0 Å². The van der Waals surface area contributed by atoms with Crippen molar-refractivity contribution in [1.82, 2.24) is 4.90 Å². The second-order valence-electron chi connectivity index (χ2n) is 4.62. The van der Waals surface area contributed by atoms with Gasteiger partial charge in [-0.3, -0.25) is 0 Å². The Morgan fingerprint density at radius 2 is 2.08 bits per heavy atom. The maximum atomic E-state index is 5.72. The quantitative estimate of drug-likeness (QED) is 0.704. The molecule has 0 aromatic rings. The molecule has 2 N–H and O–H groups in total. The minimum atomic E-state index is 0.777. The summed E-state index contributed by atoms with van der Waals surface area (Å²) in [6, 6.07) is 0.789. The van der Waals surface area contributed by atoms with Crippen LogP contribution in [0.4, 0.5) is 0 Å². The van der Waals surface area contributed by atoms with Crippen LogP contribution in [0.2, 0.25) is 0 Å². The Labute approximate surface area is 82.5 Å². The Morgan fingerprint density at radius 3 is 2.38 bits per heavy atom. The van der Waals surface area contributed by atoms with Crippen molar-refractivity contribution in [3.63, 3.8) is 0 Å². The smallest absolute Gasteiger partial charge is 0.0136 e. The first-order valence-corrected chi connectivity index (χ1v) is 5.63. The molecule has 0 bridgehead atoms. The van der Waals surface area contributed by atoms with Crippen LogP contribution in [0, 0.1) is 11.8 Å². The van der Waals surface area contributed by atoms with Gasteiger partial charge in [0.1, 0.15) is 0 Å². The molecule has 0 aliphatic heterocycles. The van der Waals surface area contributed by atoms with Crippen LogP contribution in [0.15, 0.2) is 0 Å². The average Bonchev–Trinajstić information content (AvgIpc) is 2.01. The van der Waals surface area contributed by atoms with Gasteiger partial charge in [-0.05, 0) is 37.8 Å². The fraction of sp³-hybridized carbons (Fsp3) is 1.00. The fourth-order valence-electron chi connectivity index (χ4n) is 2.28. The SMILES string of the molecule is CCN(CC(C)C)C1CCC1CN. The van der Waals surface area contributed by atoms with Crippen LogP contribution in [0.1, 0.15) is 33.6 Å². The highest BCUT2D eigenvalue weighted by molar-refractivity contribution is 4.89. The molecule has 0 heterocycles. The van der Waals surface area contributed by atoms with Gasteiger partial charge in [0.2, 0.25) is 0 Å². The molecular weight excluding hydrogens is 160 g/mol. The van der Waals surface area contributed by atoms with E-state index >= 15 is 0 Å². The number of nitrogens with two attached hydrogens (primary N) is 1. The molecule has 0 aromatic heterocycles. The zero-order valence-corrected chi connectivity index (χ0v) is 9.29. The van der Waals surface area contributed by atoms with Crippen LogP contribution in [0.3, 0.4) is 0 Å². The normalized spacial score (nSPS) is 28.2. The second kappa shape index (κ2) is 4.97. The van der Waals surface area contributed by atoms with Gasteiger partial charge in [0, 0.05) is 12.6 Å². The molecule has 2 nitrogen and oxygen atoms in total. The van der Waals surface area contributed by atoms with Gasteiger partial charge in [0.15, 0.2) is 0 Å². The van der Waals surface area contributed by atoms with E-state index in [1.54, 1.807) is 0 Å². The summed E-state index contributed by atoms with van der Waals surface area (Å²) in [5.74, 6) is 1.55. The number of hydrogen-bond acceptors (Lipinski definition) is 2. The summed E-state index contributed by atoms with van der Waals surface area (Å²) in [6.07, 6.45) is 2.71. The molecule has 2 atom stereocenters. The summed E-state index contributed by atoms with van der Waals surface area (Å²) in [5, 5.41) is 0. The highest BCUT2D eigenvalue weighted by atomic mass is 15.2. The van der Waals surface area contributed by atoms with E-state index in [1.165, 1.54) is 25.9 Å². The summed E-state index contributed by atoms with van der Waals surface area (Å²) in [4.78, 5) is 2.60. The molecule has 0 spiro atoms. The first-order chi connectivity index (χ1) is 6.19.